The van der Waals surface area contributed by atoms with Crippen LogP contribution >= 0.6 is 27.3 Å². The Hall–Kier alpha value is -3.33. The number of nitrogens with one attached hydrogen (secondary N) is 2. The number of hydrogen-bond acceptors (Lipinski definition) is 6. The summed E-state index contributed by atoms with van der Waals surface area (Å²) >= 11 is 4.38. The normalized spacial score (nSPS) is 12.3. The number of aromatic nitrogens is 2. The van der Waals surface area contributed by atoms with Gasteiger partial charge in [0.2, 0.25) is 10.0 Å². The van der Waals surface area contributed by atoms with Crippen molar-refractivity contribution in [2.45, 2.75) is 17.6 Å². The summed E-state index contributed by atoms with van der Waals surface area (Å²) in [6, 6.07) is 13.9. The number of H-pyrrole nitrogens is 1. The molecule has 5 rings (SSSR count). The van der Waals surface area contributed by atoms with E-state index in [1.165, 1.54) is 24.3 Å². The first-order valence-electron chi connectivity index (χ1n) is 10.7. The summed E-state index contributed by atoms with van der Waals surface area (Å²) in [5.41, 5.74) is -1.61. The molecular formula is C24H14BrF4N3O4S2. The van der Waals surface area contributed by atoms with Gasteiger partial charge in [-0.25, -0.2) is 22.3 Å². The Kier molecular flexibility index (Phi) is 6.75. The van der Waals surface area contributed by atoms with E-state index in [4.69, 9.17) is 0 Å². The van der Waals surface area contributed by atoms with Crippen LogP contribution in [0, 0.1) is 5.82 Å². The average Bonchev–Trinajstić information content (AvgIpc) is 3.45. The van der Waals surface area contributed by atoms with Crippen LogP contribution in [-0.2, 0) is 22.7 Å². The summed E-state index contributed by atoms with van der Waals surface area (Å²) in [6.07, 6.45) is -5.04. The molecule has 38 heavy (non-hydrogen) atoms. The molecule has 196 valence electrons. The molecule has 7 nitrogen and oxygen atoms in total. The molecule has 2 aromatic heterocycles. The fourth-order valence-electron chi connectivity index (χ4n) is 3.88. The molecule has 2 N–H and O–H groups in total. The zero-order valence-corrected chi connectivity index (χ0v) is 22.0. The first-order chi connectivity index (χ1) is 18.0. The zero-order valence-electron chi connectivity index (χ0n) is 18.8. The van der Waals surface area contributed by atoms with Crippen LogP contribution in [0.1, 0.15) is 11.1 Å². The second-order valence-electron chi connectivity index (χ2n) is 7.99. The monoisotopic (exact) mass is 627 g/mol. The molecule has 5 aromatic rings. The van der Waals surface area contributed by atoms with E-state index in [9.17, 15) is 30.8 Å². The van der Waals surface area contributed by atoms with Crippen LogP contribution in [0.4, 0.5) is 17.6 Å². The van der Waals surface area contributed by atoms with E-state index in [-0.39, 0.29) is 21.2 Å². The van der Waals surface area contributed by atoms with Gasteiger partial charge in [0.15, 0.2) is 5.82 Å². The van der Waals surface area contributed by atoms with Crippen molar-refractivity contribution in [1.29, 1.82) is 0 Å². The number of aromatic amines is 1. The summed E-state index contributed by atoms with van der Waals surface area (Å²) in [5.74, 6) is -2.15. The van der Waals surface area contributed by atoms with Gasteiger partial charge >= 0.3 is 11.9 Å². The number of rotatable bonds is 6. The smallest absolute Gasteiger partial charge is 0.296 e. The first-order valence-corrected chi connectivity index (χ1v) is 13.8. The summed E-state index contributed by atoms with van der Waals surface area (Å²) in [5, 5.41) is 4.16. The Balaban J connectivity index is 1.53. The number of benzene rings is 3. The summed E-state index contributed by atoms with van der Waals surface area (Å²) in [6.45, 7) is -0.542. The maximum Gasteiger partial charge on any atom is 0.439 e. The quantitative estimate of drug-likeness (QED) is 0.215. The molecule has 0 aliphatic heterocycles. The van der Waals surface area contributed by atoms with Crippen LogP contribution in [0.5, 0.6) is 0 Å². The number of halogens is 5. The lowest BCUT2D eigenvalue weighted by molar-refractivity contribution is -0.139. The molecule has 3 aromatic carbocycles. The maximum absolute atomic E-state index is 14.6. The Morgan fingerprint density at radius 2 is 1.76 bits per heavy atom. The molecule has 0 unspecified atom stereocenters. The van der Waals surface area contributed by atoms with Crippen LogP contribution in [0.25, 0.3) is 31.9 Å². The molecule has 0 aliphatic carbocycles. The summed E-state index contributed by atoms with van der Waals surface area (Å²) in [4.78, 5) is 13.4. The Morgan fingerprint density at radius 3 is 2.39 bits per heavy atom. The van der Waals surface area contributed by atoms with Gasteiger partial charge in [-0.05, 0) is 57.9 Å². The lowest BCUT2D eigenvalue weighted by Gasteiger charge is -2.18. The molecule has 0 fully saturated rings. The standard InChI is InChI=1S/C24H14BrF4N3O4S2/c25-20-15-3-1-2-4-17(15)37-21(20)18-13(7-10-16(26)19(18)24(27,28)29)11-30-38(34,35)14-8-5-12(6-9-14)22-31-23(33)36-32-22/h1-10,30H,11H2,(H,31,32,33). The van der Waals surface area contributed by atoms with E-state index in [0.717, 1.165) is 17.4 Å². The predicted octanol–water partition coefficient (Wildman–Crippen LogP) is 6.31. The summed E-state index contributed by atoms with van der Waals surface area (Å²) in [7, 11) is -4.19. The molecule has 0 atom stereocenters. The predicted molar refractivity (Wildman–Crippen MR) is 137 cm³/mol. The highest BCUT2D eigenvalue weighted by molar-refractivity contribution is 9.10. The van der Waals surface area contributed by atoms with Crippen molar-refractivity contribution in [3.63, 3.8) is 0 Å². The molecule has 0 radical (unpaired) electrons. The molecule has 14 heteroatoms. The first kappa shape index (κ1) is 26.3. The summed E-state index contributed by atoms with van der Waals surface area (Å²) < 4.78 is 90.4. The van der Waals surface area contributed by atoms with Crippen LogP contribution in [0.15, 0.2) is 79.3 Å². The third-order valence-corrected chi connectivity index (χ3v) is 9.31. The van der Waals surface area contributed by atoms with Gasteiger partial charge < -0.3 is 0 Å². The van der Waals surface area contributed by atoms with E-state index in [0.29, 0.717) is 26.2 Å². The highest BCUT2D eigenvalue weighted by atomic mass is 79.9. The maximum atomic E-state index is 14.6. The van der Waals surface area contributed by atoms with Crippen LogP contribution in [0.3, 0.4) is 0 Å². The molecule has 0 aliphatic rings. The number of nitrogens with zero attached hydrogens (tertiary/aromatic N) is 1. The molecule has 0 saturated carbocycles. The molecule has 2 heterocycles. The van der Waals surface area contributed by atoms with E-state index >= 15 is 0 Å². The molecule has 0 bridgehead atoms. The van der Waals surface area contributed by atoms with Crippen LogP contribution in [0.2, 0.25) is 0 Å². The topological polar surface area (TPSA) is 105 Å². The van der Waals surface area contributed by atoms with Crippen molar-refractivity contribution >= 4 is 47.4 Å². The van der Waals surface area contributed by atoms with Crippen LogP contribution < -0.4 is 10.5 Å². The van der Waals surface area contributed by atoms with Gasteiger partial charge in [-0.15, -0.1) is 11.3 Å². The van der Waals surface area contributed by atoms with E-state index in [1.807, 2.05) is 0 Å². The van der Waals surface area contributed by atoms with E-state index in [1.54, 1.807) is 24.3 Å². The Morgan fingerprint density at radius 1 is 1.05 bits per heavy atom. The van der Waals surface area contributed by atoms with Crippen LogP contribution in [-0.4, -0.2) is 18.6 Å². The minimum atomic E-state index is -5.04. The second-order valence-corrected chi connectivity index (χ2v) is 11.6. The van der Waals surface area contributed by atoms with Crippen molar-refractivity contribution < 1.29 is 30.5 Å². The largest absolute Gasteiger partial charge is 0.439 e. The third kappa shape index (κ3) is 4.91. The Labute approximate surface area is 224 Å². The number of hydrogen-bond donors (Lipinski definition) is 2. The molecule has 0 spiro atoms. The van der Waals surface area contributed by atoms with Crippen molar-refractivity contribution in [2.24, 2.45) is 0 Å². The second kappa shape index (κ2) is 9.76. The zero-order chi connectivity index (χ0) is 27.2. The van der Waals surface area contributed by atoms with Crippen molar-refractivity contribution in [3.8, 4) is 21.8 Å². The van der Waals surface area contributed by atoms with Gasteiger partial charge in [0.1, 0.15) is 11.4 Å². The van der Waals surface area contributed by atoms with Gasteiger partial charge in [0.25, 0.3) is 0 Å². The van der Waals surface area contributed by atoms with E-state index < -0.39 is 45.4 Å². The average molecular weight is 628 g/mol. The fraction of sp³-hybridized carbons (Fsp3) is 0.0833. The Bertz CT molecular complexity index is 1830. The number of alkyl halides is 3. The van der Waals surface area contributed by atoms with Crippen molar-refractivity contribution in [2.75, 3.05) is 0 Å². The molecular weight excluding hydrogens is 614 g/mol. The lowest BCUT2D eigenvalue weighted by atomic mass is 9.98. The number of thiophene rings is 1. The van der Waals surface area contributed by atoms with Gasteiger partial charge in [-0.2, -0.15) is 13.2 Å². The lowest BCUT2D eigenvalue weighted by Crippen LogP contribution is -2.24. The van der Waals surface area contributed by atoms with Gasteiger partial charge in [-0.1, -0.05) is 29.4 Å². The number of fused-ring (bicyclic) bond motifs is 1. The van der Waals surface area contributed by atoms with Gasteiger partial charge in [0.05, 0.1) is 9.77 Å². The minimum absolute atomic E-state index is 0.0636. The van der Waals surface area contributed by atoms with Gasteiger partial charge in [0, 0.05) is 32.2 Å². The van der Waals surface area contributed by atoms with Crippen molar-refractivity contribution in [1.82, 2.24) is 14.9 Å². The SMILES string of the molecule is O=c1[nH]c(-c2ccc(S(=O)(=O)NCc3ccc(F)c(C(F)(F)F)c3-c3sc4ccccc4c3Br)cc2)no1. The molecule has 0 amide bonds. The highest BCUT2D eigenvalue weighted by Gasteiger charge is 2.39. The molecule has 0 saturated heterocycles. The van der Waals surface area contributed by atoms with Crippen molar-refractivity contribution in [3.05, 3.63) is 92.6 Å². The number of sulfonamides is 1. The third-order valence-electron chi connectivity index (χ3n) is 5.62. The van der Waals surface area contributed by atoms with Gasteiger partial charge in [-0.3, -0.25) is 9.51 Å². The highest BCUT2D eigenvalue weighted by Crippen LogP contribution is 2.48. The fourth-order valence-corrected chi connectivity index (χ4v) is 6.99. The van der Waals surface area contributed by atoms with E-state index in [2.05, 4.69) is 35.3 Å². The minimum Gasteiger partial charge on any atom is -0.296 e.